The van der Waals surface area contributed by atoms with Gasteiger partial charge >= 0.3 is 12.1 Å². The minimum absolute atomic E-state index is 0.0765. The van der Waals surface area contributed by atoms with Crippen LogP contribution < -0.4 is 11.1 Å². The van der Waals surface area contributed by atoms with Crippen LogP contribution in [0.4, 0.5) is 10.5 Å². The maximum atomic E-state index is 12.1. The molecule has 0 bridgehead atoms. The molecule has 0 radical (unpaired) electrons. The number of carbonyl (C=O) groups excluding carboxylic acids is 2. The SMILES string of the molecule is C=CCOC(=O)[C@H](Cc1ccc(N)cc1)NC(=O)OC(C)(C)C. The van der Waals surface area contributed by atoms with Crippen molar-refractivity contribution in [3.05, 3.63) is 42.5 Å². The van der Waals surface area contributed by atoms with E-state index in [1.807, 2.05) is 0 Å². The fourth-order valence-corrected chi connectivity index (χ4v) is 1.77. The second-order valence-electron chi connectivity index (χ2n) is 6.06. The monoisotopic (exact) mass is 320 g/mol. The molecule has 1 amide bonds. The first-order valence-corrected chi connectivity index (χ1v) is 7.32. The predicted octanol–water partition coefficient (Wildman–Crippen LogP) is 2.43. The Bertz CT molecular complexity index is 547. The first kappa shape index (κ1) is 18.5. The lowest BCUT2D eigenvalue weighted by Crippen LogP contribution is -2.45. The van der Waals surface area contributed by atoms with Gasteiger partial charge in [0.25, 0.3) is 0 Å². The van der Waals surface area contributed by atoms with Gasteiger partial charge in [0.2, 0.25) is 0 Å². The fourth-order valence-electron chi connectivity index (χ4n) is 1.77. The molecular weight excluding hydrogens is 296 g/mol. The van der Waals surface area contributed by atoms with E-state index in [-0.39, 0.29) is 13.0 Å². The Kier molecular flexibility index (Phi) is 6.63. The van der Waals surface area contributed by atoms with E-state index in [9.17, 15) is 9.59 Å². The van der Waals surface area contributed by atoms with Gasteiger partial charge in [-0.25, -0.2) is 9.59 Å². The molecular formula is C17H24N2O4. The maximum Gasteiger partial charge on any atom is 0.408 e. The maximum absolute atomic E-state index is 12.1. The van der Waals surface area contributed by atoms with Crippen LogP contribution in [0.2, 0.25) is 0 Å². The number of amides is 1. The molecule has 1 aromatic carbocycles. The average molecular weight is 320 g/mol. The number of hydrogen-bond acceptors (Lipinski definition) is 5. The quantitative estimate of drug-likeness (QED) is 0.477. The molecule has 6 nitrogen and oxygen atoms in total. The van der Waals surface area contributed by atoms with Crippen molar-refractivity contribution in [2.24, 2.45) is 0 Å². The normalized spacial score (nSPS) is 12.1. The van der Waals surface area contributed by atoms with Gasteiger partial charge in [-0.05, 0) is 38.5 Å². The zero-order valence-corrected chi connectivity index (χ0v) is 13.8. The first-order chi connectivity index (χ1) is 10.7. The van der Waals surface area contributed by atoms with Crippen molar-refractivity contribution < 1.29 is 19.1 Å². The molecule has 3 N–H and O–H groups in total. The van der Waals surface area contributed by atoms with E-state index in [4.69, 9.17) is 15.2 Å². The van der Waals surface area contributed by atoms with Crippen molar-refractivity contribution in [2.45, 2.75) is 38.8 Å². The van der Waals surface area contributed by atoms with Crippen molar-refractivity contribution in [1.82, 2.24) is 5.32 Å². The van der Waals surface area contributed by atoms with Gasteiger partial charge in [0.15, 0.2) is 0 Å². The molecule has 1 aromatic rings. The van der Waals surface area contributed by atoms with Crippen molar-refractivity contribution in [2.75, 3.05) is 12.3 Å². The highest BCUT2D eigenvalue weighted by Gasteiger charge is 2.25. The minimum atomic E-state index is -0.853. The van der Waals surface area contributed by atoms with Crippen molar-refractivity contribution in [1.29, 1.82) is 0 Å². The number of benzene rings is 1. The molecule has 0 unspecified atom stereocenters. The standard InChI is InChI=1S/C17H24N2O4/c1-5-10-22-15(20)14(19-16(21)23-17(2,3)4)11-12-6-8-13(18)9-7-12/h5-9,14H,1,10-11,18H2,2-4H3,(H,19,21)/t14-/m0/s1. The first-order valence-electron chi connectivity index (χ1n) is 7.32. The van der Waals surface area contributed by atoms with Crippen LogP contribution in [0, 0.1) is 0 Å². The molecule has 0 aliphatic carbocycles. The van der Waals surface area contributed by atoms with Crippen LogP contribution in [0.3, 0.4) is 0 Å². The number of anilines is 1. The van der Waals surface area contributed by atoms with Crippen molar-refractivity contribution in [3.8, 4) is 0 Å². The van der Waals surface area contributed by atoms with Gasteiger partial charge in [-0.15, -0.1) is 0 Å². The molecule has 0 spiro atoms. The summed E-state index contributed by atoms with van der Waals surface area (Å²) in [6, 6.07) is 6.19. The molecule has 0 fully saturated rings. The van der Waals surface area contributed by atoms with Gasteiger partial charge in [0.05, 0.1) is 0 Å². The minimum Gasteiger partial charge on any atom is -0.460 e. The number of esters is 1. The highest BCUT2D eigenvalue weighted by Crippen LogP contribution is 2.11. The summed E-state index contributed by atoms with van der Waals surface area (Å²) in [6.07, 6.45) is 1.06. The summed E-state index contributed by atoms with van der Waals surface area (Å²) in [6.45, 7) is 8.81. The molecule has 1 atom stereocenters. The van der Waals surface area contributed by atoms with Gasteiger partial charge in [0.1, 0.15) is 18.2 Å². The summed E-state index contributed by atoms with van der Waals surface area (Å²) in [5, 5.41) is 2.54. The van der Waals surface area contributed by atoms with Crippen LogP contribution in [-0.4, -0.2) is 30.3 Å². The Morgan fingerprint density at radius 1 is 1.30 bits per heavy atom. The lowest BCUT2D eigenvalue weighted by Gasteiger charge is -2.23. The van der Waals surface area contributed by atoms with E-state index in [0.29, 0.717) is 5.69 Å². The summed E-state index contributed by atoms with van der Waals surface area (Å²) in [7, 11) is 0. The van der Waals surface area contributed by atoms with Crippen molar-refractivity contribution >= 4 is 17.7 Å². The Morgan fingerprint density at radius 2 is 1.91 bits per heavy atom. The molecule has 0 saturated carbocycles. The fraction of sp³-hybridized carbons (Fsp3) is 0.412. The van der Waals surface area contributed by atoms with Gasteiger partial charge < -0.3 is 20.5 Å². The lowest BCUT2D eigenvalue weighted by molar-refractivity contribution is -0.144. The third-order valence-corrected chi connectivity index (χ3v) is 2.74. The van der Waals surface area contributed by atoms with E-state index in [0.717, 1.165) is 5.56 Å². The zero-order chi connectivity index (χ0) is 17.5. The number of nitrogens with two attached hydrogens (primary N) is 1. The smallest absolute Gasteiger partial charge is 0.408 e. The molecule has 0 aliphatic heterocycles. The van der Waals surface area contributed by atoms with Crippen LogP contribution in [-0.2, 0) is 20.7 Å². The Hall–Kier alpha value is -2.50. The number of rotatable bonds is 6. The second kappa shape index (κ2) is 8.22. The number of nitrogens with one attached hydrogen (secondary N) is 1. The highest BCUT2D eigenvalue weighted by molar-refractivity contribution is 5.81. The van der Waals surface area contributed by atoms with Crippen LogP contribution >= 0.6 is 0 Å². The predicted molar refractivity (Wildman–Crippen MR) is 88.9 cm³/mol. The number of ether oxygens (including phenoxy) is 2. The van der Waals surface area contributed by atoms with Crippen LogP contribution in [0.5, 0.6) is 0 Å². The number of alkyl carbamates (subject to hydrolysis) is 1. The van der Waals surface area contributed by atoms with Crippen LogP contribution in [0.25, 0.3) is 0 Å². The second-order valence-corrected chi connectivity index (χ2v) is 6.06. The van der Waals surface area contributed by atoms with Gasteiger partial charge in [-0.3, -0.25) is 0 Å². The Balaban J connectivity index is 2.79. The van der Waals surface area contributed by atoms with Crippen LogP contribution in [0.15, 0.2) is 36.9 Å². The summed E-state index contributed by atoms with van der Waals surface area (Å²) >= 11 is 0. The van der Waals surface area contributed by atoms with Crippen molar-refractivity contribution in [3.63, 3.8) is 0 Å². The highest BCUT2D eigenvalue weighted by atomic mass is 16.6. The van der Waals surface area contributed by atoms with E-state index >= 15 is 0 Å². The van der Waals surface area contributed by atoms with E-state index in [1.54, 1.807) is 45.0 Å². The van der Waals surface area contributed by atoms with Crippen LogP contribution in [0.1, 0.15) is 26.3 Å². The average Bonchev–Trinajstić information content (AvgIpc) is 2.44. The summed E-state index contributed by atoms with van der Waals surface area (Å²) < 4.78 is 10.2. The number of hydrogen-bond donors (Lipinski definition) is 2. The summed E-state index contributed by atoms with van der Waals surface area (Å²) in [5.41, 5.74) is 6.46. The third-order valence-electron chi connectivity index (χ3n) is 2.74. The molecule has 0 aromatic heterocycles. The molecule has 6 heteroatoms. The van der Waals surface area contributed by atoms with E-state index in [1.165, 1.54) is 6.08 Å². The zero-order valence-electron chi connectivity index (χ0n) is 13.8. The molecule has 126 valence electrons. The summed E-state index contributed by atoms with van der Waals surface area (Å²) in [4.78, 5) is 24.0. The largest absolute Gasteiger partial charge is 0.460 e. The van der Waals surface area contributed by atoms with Gasteiger partial charge in [0, 0.05) is 12.1 Å². The lowest BCUT2D eigenvalue weighted by atomic mass is 10.1. The molecule has 23 heavy (non-hydrogen) atoms. The Labute approximate surface area is 136 Å². The van der Waals surface area contributed by atoms with Gasteiger partial charge in [-0.1, -0.05) is 24.8 Å². The van der Waals surface area contributed by atoms with E-state index in [2.05, 4.69) is 11.9 Å². The van der Waals surface area contributed by atoms with Gasteiger partial charge in [-0.2, -0.15) is 0 Å². The molecule has 0 aliphatic rings. The number of nitrogen functional groups attached to an aromatic ring is 1. The molecule has 1 rings (SSSR count). The Morgan fingerprint density at radius 3 is 2.43 bits per heavy atom. The third kappa shape index (κ3) is 7.35. The topological polar surface area (TPSA) is 90.6 Å². The number of carbonyl (C=O) groups is 2. The molecule has 0 heterocycles. The summed E-state index contributed by atoms with van der Waals surface area (Å²) in [5.74, 6) is -0.549. The van der Waals surface area contributed by atoms with E-state index < -0.39 is 23.7 Å². The molecule has 0 saturated heterocycles.